The molecule has 1 unspecified atom stereocenters. The molecule has 0 aromatic carbocycles. The van der Waals surface area contributed by atoms with Gasteiger partial charge in [-0.15, -0.1) is 0 Å². The molecular weight excluding hydrogens is 92.2 g/mol. The molecule has 0 N–H and O–H groups in total. The van der Waals surface area contributed by atoms with E-state index >= 15 is 0 Å². The lowest BCUT2D eigenvalue weighted by molar-refractivity contribution is 1.03. The first-order chi connectivity index (χ1) is 2.39. The number of hydrogen-bond donors (Lipinski definition) is 0. The van der Waals surface area contributed by atoms with Gasteiger partial charge in [0.1, 0.15) is 0 Å². The van der Waals surface area contributed by atoms with E-state index in [1.165, 1.54) is 5.54 Å². The zero-order valence-electron chi connectivity index (χ0n) is 3.70. The fourth-order valence-electron chi connectivity index (χ4n) is 0.612. The smallest absolute Gasteiger partial charge is 0.0110 e. The van der Waals surface area contributed by atoms with Crippen LogP contribution in [0, 0.1) is 0 Å². The Morgan fingerprint density at radius 1 is 1.80 bits per heavy atom. The SMILES string of the molecule is CC1C[SiH2][SiH2]1. The lowest BCUT2D eigenvalue weighted by Crippen LogP contribution is -2.21. The summed E-state index contributed by atoms with van der Waals surface area (Å²) in [6, 6.07) is 1.69. The maximum Gasteiger partial charge on any atom is 0.0110 e. The van der Waals surface area contributed by atoms with Gasteiger partial charge < -0.3 is 0 Å². The molecule has 0 bridgehead atoms. The molecule has 2 heteroatoms. The largest absolute Gasteiger partial charge is 0.0660 e. The first kappa shape index (κ1) is 3.62. The average Bonchev–Trinajstić information content (AvgIpc) is 1.30. The van der Waals surface area contributed by atoms with Crippen LogP contribution in [0.3, 0.4) is 0 Å². The second-order valence-corrected chi connectivity index (χ2v) is 9.15. The molecule has 0 nitrogen and oxygen atoms in total. The van der Waals surface area contributed by atoms with E-state index < -0.39 is 0 Å². The molecule has 0 aromatic rings. The van der Waals surface area contributed by atoms with E-state index in [0.717, 1.165) is 0 Å². The van der Waals surface area contributed by atoms with Crippen molar-refractivity contribution in [1.82, 2.24) is 0 Å². The van der Waals surface area contributed by atoms with Crippen molar-refractivity contribution in [1.29, 1.82) is 0 Å². The minimum Gasteiger partial charge on any atom is -0.0660 e. The number of rotatable bonds is 0. The summed E-state index contributed by atoms with van der Waals surface area (Å²) in [7, 11) is 1.36. The van der Waals surface area contributed by atoms with Gasteiger partial charge in [-0.05, 0) is 0 Å². The van der Waals surface area contributed by atoms with Gasteiger partial charge in [0, 0.05) is 18.1 Å². The lowest BCUT2D eigenvalue weighted by Gasteiger charge is -2.17. The van der Waals surface area contributed by atoms with E-state index in [4.69, 9.17) is 0 Å². The van der Waals surface area contributed by atoms with Gasteiger partial charge in [-0.1, -0.05) is 18.5 Å². The molecule has 1 rings (SSSR count). The summed E-state index contributed by atoms with van der Waals surface area (Å²) < 4.78 is 0. The predicted octanol–water partition coefficient (Wildman–Crippen LogP) is -0.521. The van der Waals surface area contributed by atoms with Crippen LogP contribution < -0.4 is 0 Å². The van der Waals surface area contributed by atoms with E-state index in [1.807, 2.05) is 0 Å². The van der Waals surface area contributed by atoms with E-state index in [1.54, 1.807) is 6.04 Å². The summed E-state index contributed by atoms with van der Waals surface area (Å²) in [5, 5.41) is 0. The van der Waals surface area contributed by atoms with Crippen LogP contribution in [0.4, 0.5) is 0 Å². The van der Waals surface area contributed by atoms with Crippen LogP contribution in [0.1, 0.15) is 6.92 Å². The molecule has 1 aliphatic rings. The molecule has 0 saturated carbocycles. The minimum atomic E-state index is 0.668. The normalized spacial score (nSPS) is 46.2. The molecule has 0 aromatic heterocycles. The summed E-state index contributed by atoms with van der Waals surface area (Å²) in [6.45, 7) is 2.41. The highest BCUT2D eigenvalue weighted by Gasteiger charge is 2.10. The summed E-state index contributed by atoms with van der Waals surface area (Å²) in [5.74, 6) is 0. The molecule has 1 aliphatic heterocycles. The Labute approximate surface area is 37.4 Å². The summed E-state index contributed by atoms with van der Waals surface area (Å²) in [4.78, 5) is 0. The van der Waals surface area contributed by atoms with Gasteiger partial charge >= 0.3 is 0 Å². The van der Waals surface area contributed by atoms with Crippen LogP contribution >= 0.6 is 0 Å². The Bertz CT molecular complexity index is 31.9. The van der Waals surface area contributed by atoms with Crippen LogP contribution in [0.25, 0.3) is 0 Å². The third-order valence-electron chi connectivity index (χ3n) is 1.39. The Balaban J connectivity index is 2.08. The second kappa shape index (κ2) is 1.26. The predicted molar refractivity (Wildman–Crippen MR) is 31.3 cm³/mol. The van der Waals surface area contributed by atoms with Gasteiger partial charge in [0.25, 0.3) is 0 Å². The van der Waals surface area contributed by atoms with E-state index in [2.05, 4.69) is 6.92 Å². The fourth-order valence-corrected chi connectivity index (χ4v) is 5.51. The molecule has 0 amide bonds. The molecule has 0 radical (unpaired) electrons. The maximum absolute atomic E-state index is 2.41. The van der Waals surface area contributed by atoms with Crippen LogP contribution in [0.15, 0.2) is 0 Å². The zero-order chi connectivity index (χ0) is 3.70. The first-order valence-corrected chi connectivity index (χ1v) is 8.21. The van der Waals surface area contributed by atoms with Gasteiger partial charge in [-0.25, -0.2) is 0 Å². The molecule has 0 spiro atoms. The Hall–Kier alpha value is 0.434. The van der Waals surface area contributed by atoms with Crippen molar-refractivity contribution in [3.63, 3.8) is 0 Å². The molecule has 30 valence electrons. The Kier molecular flexibility index (Phi) is 0.914. The van der Waals surface area contributed by atoms with Crippen LogP contribution in [0.5, 0.6) is 0 Å². The van der Waals surface area contributed by atoms with Crippen molar-refractivity contribution in [2.45, 2.75) is 18.5 Å². The molecule has 0 aliphatic carbocycles. The molecular formula is C3H10Si2. The van der Waals surface area contributed by atoms with Gasteiger partial charge in [0.2, 0.25) is 0 Å². The third kappa shape index (κ3) is 0.634. The fraction of sp³-hybridized carbons (Fsp3) is 1.00. The highest BCUT2D eigenvalue weighted by atomic mass is 29.1. The molecule has 1 heterocycles. The topological polar surface area (TPSA) is 0 Å². The maximum atomic E-state index is 2.41. The van der Waals surface area contributed by atoms with Crippen molar-refractivity contribution in [2.24, 2.45) is 0 Å². The highest BCUT2D eigenvalue weighted by Crippen LogP contribution is 2.15. The zero-order valence-corrected chi connectivity index (χ0v) is 6.53. The first-order valence-electron chi connectivity index (χ1n) is 2.39. The van der Waals surface area contributed by atoms with E-state index in [9.17, 15) is 0 Å². The van der Waals surface area contributed by atoms with Gasteiger partial charge in [0.15, 0.2) is 0 Å². The summed E-state index contributed by atoms with van der Waals surface area (Å²) >= 11 is 0. The average molecular weight is 102 g/mol. The monoisotopic (exact) mass is 102 g/mol. The van der Waals surface area contributed by atoms with Crippen molar-refractivity contribution >= 4 is 18.1 Å². The van der Waals surface area contributed by atoms with Crippen molar-refractivity contribution in [2.75, 3.05) is 0 Å². The van der Waals surface area contributed by atoms with Gasteiger partial charge in [0.05, 0.1) is 0 Å². The number of hydrogen-bond acceptors (Lipinski definition) is 0. The highest BCUT2D eigenvalue weighted by molar-refractivity contribution is 7.06. The summed E-state index contributed by atoms with van der Waals surface area (Å²) in [5.41, 5.74) is 1.27. The molecule has 1 saturated heterocycles. The van der Waals surface area contributed by atoms with Crippen LogP contribution in [-0.4, -0.2) is 18.1 Å². The van der Waals surface area contributed by atoms with E-state index in [-0.39, 0.29) is 0 Å². The van der Waals surface area contributed by atoms with Crippen LogP contribution in [-0.2, 0) is 0 Å². The van der Waals surface area contributed by atoms with Crippen LogP contribution in [0.2, 0.25) is 11.6 Å². The summed E-state index contributed by atoms with van der Waals surface area (Å²) in [6.07, 6.45) is 0. The Morgan fingerprint density at radius 3 is 2.20 bits per heavy atom. The molecule has 1 atom stereocenters. The quantitative estimate of drug-likeness (QED) is 0.361. The van der Waals surface area contributed by atoms with Gasteiger partial charge in [-0.3, -0.25) is 0 Å². The van der Waals surface area contributed by atoms with Gasteiger partial charge in [-0.2, -0.15) is 0 Å². The molecule has 5 heavy (non-hydrogen) atoms. The standard InChI is InChI=1S/C3H10Si2/c1-3-2-4-5-3/h3H,2,4-5H2,1H3. The van der Waals surface area contributed by atoms with E-state index in [0.29, 0.717) is 18.1 Å². The molecule has 1 fully saturated rings. The second-order valence-electron chi connectivity index (χ2n) is 2.04. The lowest BCUT2D eigenvalue weighted by atomic mass is 10.6. The van der Waals surface area contributed by atoms with Crippen molar-refractivity contribution in [3.8, 4) is 0 Å². The van der Waals surface area contributed by atoms with Crippen molar-refractivity contribution in [3.05, 3.63) is 0 Å². The minimum absolute atomic E-state index is 0.668. The van der Waals surface area contributed by atoms with Crippen molar-refractivity contribution < 1.29 is 0 Å². The Morgan fingerprint density at radius 2 is 2.20 bits per heavy atom. The third-order valence-corrected chi connectivity index (χ3v) is 10.8.